The smallest absolute Gasteiger partial charge is 0.305 e. The first-order chi connectivity index (χ1) is 12.2. The molecule has 6 heteroatoms. The molecule has 0 aliphatic rings. The van der Waals surface area contributed by atoms with Crippen molar-refractivity contribution in [3.8, 4) is 5.75 Å². The van der Waals surface area contributed by atoms with Crippen molar-refractivity contribution in [3.63, 3.8) is 0 Å². The van der Waals surface area contributed by atoms with Gasteiger partial charge >= 0.3 is 5.91 Å². The highest BCUT2D eigenvalue weighted by molar-refractivity contribution is 5.97. The van der Waals surface area contributed by atoms with E-state index in [2.05, 4.69) is 10.9 Å². The zero-order valence-electron chi connectivity index (χ0n) is 13.5. The lowest BCUT2D eigenvalue weighted by molar-refractivity contribution is -0.117. The second kappa shape index (κ2) is 7.35. The molecule has 2 amide bonds. The minimum atomic E-state index is -0.522. The SMILES string of the molecule is COc1ccc2cc(/C=C/C(=O)NNC(=O)c3ccco3)ccc2c1. The Balaban J connectivity index is 1.62. The summed E-state index contributed by atoms with van der Waals surface area (Å²) in [6.45, 7) is 0. The normalized spacial score (nSPS) is 10.8. The first-order valence-corrected chi connectivity index (χ1v) is 7.55. The van der Waals surface area contributed by atoms with Gasteiger partial charge < -0.3 is 9.15 Å². The fraction of sp³-hybridized carbons (Fsp3) is 0.0526. The second-order valence-corrected chi connectivity index (χ2v) is 5.23. The predicted molar refractivity (Wildman–Crippen MR) is 93.9 cm³/mol. The molecule has 0 radical (unpaired) electrons. The van der Waals surface area contributed by atoms with E-state index in [-0.39, 0.29) is 5.76 Å². The summed E-state index contributed by atoms with van der Waals surface area (Å²) in [7, 11) is 1.63. The van der Waals surface area contributed by atoms with Gasteiger partial charge in [0.15, 0.2) is 5.76 Å². The van der Waals surface area contributed by atoms with Crippen molar-refractivity contribution in [2.24, 2.45) is 0 Å². The zero-order valence-corrected chi connectivity index (χ0v) is 13.5. The van der Waals surface area contributed by atoms with Crippen LogP contribution in [0.25, 0.3) is 16.8 Å². The standard InChI is InChI=1S/C19H16N2O4/c1-24-16-8-7-14-11-13(4-6-15(14)12-16)5-9-18(22)20-21-19(23)17-3-2-10-25-17/h2-12H,1H3,(H,20,22)(H,21,23)/b9-5+. The van der Waals surface area contributed by atoms with Gasteiger partial charge in [-0.3, -0.25) is 20.4 Å². The van der Waals surface area contributed by atoms with E-state index in [0.29, 0.717) is 0 Å². The van der Waals surface area contributed by atoms with Gasteiger partial charge in [0, 0.05) is 6.08 Å². The van der Waals surface area contributed by atoms with Crippen molar-refractivity contribution in [1.29, 1.82) is 0 Å². The van der Waals surface area contributed by atoms with Crippen LogP contribution in [0.15, 0.2) is 65.3 Å². The van der Waals surface area contributed by atoms with Crippen molar-refractivity contribution < 1.29 is 18.7 Å². The molecule has 6 nitrogen and oxygen atoms in total. The van der Waals surface area contributed by atoms with Crippen molar-refractivity contribution in [1.82, 2.24) is 10.9 Å². The Labute approximate surface area is 144 Å². The molecule has 126 valence electrons. The Morgan fingerprint density at radius 1 is 1.04 bits per heavy atom. The lowest BCUT2D eigenvalue weighted by atomic mass is 10.1. The number of hydrogen-bond acceptors (Lipinski definition) is 4. The van der Waals surface area contributed by atoms with Crippen LogP contribution < -0.4 is 15.6 Å². The number of rotatable bonds is 4. The Morgan fingerprint density at radius 3 is 2.60 bits per heavy atom. The van der Waals surface area contributed by atoms with Crippen LogP contribution in [0.2, 0.25) is 0 Å². The van der Waals surface area contributed by atoms with Crippen LogP contribution in [0.1, 0.15) is 16.1 Å². The van der Waals surface area contributed by atoms with Crippen LogP contribution in [0, 0.1) is 0 Å². The third kappa shape index (κ3) is 4.06. The molecule has 1 heterocycles. The fourth-order valence-corrected chi connectivity index (χ4v) is 2.27. The number of nitrogens with one attached hydrogen (secondary N) is 2. The largest absolute Gasteiger partial charge is 0.497 e. The Morgan fingerprint density at radius 2 is 1.84 bits per heavy atom. The Bertz CT molecular complexity index is 930. The van der Waals surface area contributed by atoms with E-state index in [0.717, 1.165) is 22.1 Å². The predicted octanol–water partition coefficient (Wildman–Crippen LogP) is 2.92. The molecule has 0 unspecified atom stereocenters. The van der Waals surface area contributed by atoms with Gasteiger partial charge in [-0.05, 0) is 52.7 Å². The van der Waals surface area contributed by atoms with Crippen LogP contribution in [-0.2, 0) is 4.79 Å². The number of carbonyl (C=O) groups is 2. The quantitative estimate of drug-likeness (QED) is 0.567. The first-order valence-electron chi connectivity index (χ1n) is 7.55. The number of amides is 2. The summed E-state index contributed by atoms with van der Waals surface area (Å²) < 4.78 is 10.1. The molecule has 0 spiro atoms. The monoisotopic (exact) mass is 336 g/mol. The molecule has 0 fully saturated rings. The summed E-state index contributed by atoms with van der Waals surface area (Å²) in [6, 6.07) is 14.7. The third-order valence-corrected chi connectivity index (χ3v) is 3.54. The molecule has 0 aliphatic carbocycles. The highest BCUT2D eigenvalue weighted by atomic mass is 16.5. The lowest BCUT2D eigenvalue weighted by Crippen LogP contribution is -2.40. The number of furan rings is 1. The van der Waals surface area contributed by atoms with Crippen LogP contribution in [0.5, 0.6) is 5.75 Å². The molecular formula is C19H16N2O4. The molecule has 0 atom stereocenters. The van der Waals surface area contributed by atoms with Crippen LogP contribution in [0.4, 0.5) is 0 Å². The van der Waals surface area contributed by atoms with E-state index >= 15 is 0 Å². The number of methoxy groups -OCH3 is 1. The summed E-state index contributed by atoms with van der Waals surface area (Å²) in [5.41, 5.74) is 5.42. The molecule has 1 aromatic heterocycles. The number of benzene rings is 2. The van der Waals surface area contributed by atoms with Gasteiger partial charge in [0.05, 0.1) is 13.4 Å². The topological polar surface area (TPSA) is 80.6 Å². The minimum Gasteiger partial charge on any atom is -0.497 e. The molecule has 3 rings (SSSR count). The molecule has 2 aromatic carbocycles. The number of hydrogen-bond donors (Lipinski definition) is 2. The summed E-state index contributed by atoms with van der Waals surface area (Å²) in [4.78, 5) is 23.4. The molecule has 2 N–H and O–H groups in total. The van der Waals surface area contributed by atoms with Gasteiger partial charge in [0.2, 0.25) is 0 Å². The van der Waals surface area contributed by atoms with Gasteiger partial charge in [0.25, 0.3) is 5.91 Å². The highest BCUT2D eigenvalue weighted by Gasteiger charge is 2.08. The average molecular weight is 336 g/mol. The lowest BCUT2D eigenvalue weighted by Gasteiger charge is -2.04. The van der Waals surface area contributed by atoms with Gasteiger partial charge in [-0.1, -0.05) is 18.2 Å². The van der Waals surface area contributed by atoms with Crippen molar-refractivity contribution in [2.75, 3.05) is 7.11 Å². The number of fused-ring (bicyclic) bond motifs is 1. The summed E-state index contributed by atoms with van der Waals surface area (Å²) in [5.74, 6) is -0.0576. The van der Waals surface area contributed by atoms with E-state index in [1.165, 1.54) is 18.4 Å². The van der Waals surface area contributed by atoms with Crippen LogP contribution >= 0.6 is 0 Å². The molecule has 0 aliphatic heterocycles. The molecule has 3 aromatic rings. The highest BCUT2D eigenvalue weighted by Crippen LogP contribution is 2.22. The molecule has 0 saturated carbocycles. The first kappa shape index (κ1) is 16.3. The maximum Gasteiger partial charge on any atom is 0.305 e. The summed E-state index contributed by atoms with van der Waals surface area (Å²) >= 11 is 0. The molecule has 25 heavy (non-hydrogen) atoms. The Hall–Kier alpha value is -3.54. The molecule has 0 saturated heterocycles. The summed E-state index contributed by atoms with van der Waals surface area (Å²) in [5, 5.41) is 2.08. The fourth-order valence-electron chi connectivity index (χ4n) is 2.27. The van der Waals surface area contributed by atoms with Crippen LogP contribution in [0.3, 0.4) is 0 Å². The minimum absolute atomic E-state index is 0.120. The van der Waals surface area contributed by atoms with E-state index in [1.54, 1.807) is 19.3 Å². The Kier molecular flexibility index (Phi) is 4.80. The average Bonchev–Trinajstić information content (AvgIpc) is 3.18. The van der Waals surface area contributed by atoms with Gasteiger partial charge in [0.1, 0.15) is 5.75 Å². The number of ether oxygens (including phenoxy) is 1. The van der Waals surface area contributed by atoms with E-state index in [4.69, 9.17) is 9.15 Å². The third-order valence-electron chi connectivity index (χ3n) is 3.54. The van der Waals surface area contributed by atoms with Crippen molar-refractivity contribution in [3.05, 3.63) is 72.2 Å². The van der Waals surface area contributed by atoms with Gasteiger partial charge in [-0.2, -0.15) is 0 Å². The van der Waals surface area contributed by atoms with E-state index in [1.807, 2.05) is 36.4 Å². The van der Waals surface area contributed by atoms with Gasteiger partial charge in [-0.15, -0.1) is 0 Å². The number of hydrazine groups is 1. The molecule has 0 bridgehead atoms. The second-order valence-electron chi connectivity index (χ2n) is 5.23. The maximum atomic E-state index is 11.8. The number of carbonyl (C=O) groups excluding carboxylic acids is 2. The summed E-state index contributed by atoms with van der Waals surface area (Å²) in [6.07, 6.45) is 4.39. The van der Waals surface area contributed by atoms with Gasteiger partial charge in [-0.25, -0.2) is 0 Å². The van der Waals surface area contributed by atoms with E-state index < -0.39 is 11.8 Å². The maximum absolute atomic E-state index is 11.8. The zero-order chi connectivity index (χ0) is 17.6. The van der Waals surface area contributed by atoms with Crippen LogP contribution in [-0.4, -0.2) is 18.9 Å². The molecular weight excluding hydrogens is 320 g/mol. The van der Waals surface area contributed by atoms with E-state index in [9.17, 15) is 9.59 Å². The van der Waals surface area contributed by atoms with Crippen molar-refractivity contribution in [2.45, 2.75) is 0 Å². The van der Waals surface area contributed by atoms with Crippen molar-refractivity contribution >= 4 is 28.7 Å².